The first kappa shape index (κ1) is 15.1. The van der Waals surface area contributed by atoms with E-state index >= 15 is 0 Å². The maximum absolute atomic E-state index is 11.7. The van der Waals surface area contributed by atoms with Gasteiger partial charge >= 0.3 is 0 Å². The SMILES string of the molecule is CCCNC(C)c1nnc(C(C)(C)S(C)(=O)=O)o1. The molecule has 1 aromatic heterocycles. The predicted octanol–water partition coefficient (Wildman–Crippen LogP) is 1.41. The van der Waals surface area contributed by atoms with Gasteiger partial charge in [-0.2, -0.15) is 0 Å². The highest BCUT2D eigenvalue weighted by molar-refractivity contribution is 7.91. The van der Waals surface area contributed by atoms with E-state index in [-0.39, 0.29) is 11.9 Å². The Morgan fingerprint density at radius 2 is 2.00 bits per heavy atom. The summed E-state index contributed by atoms with van der Waals surface area (Å²) in [5.74, 6) is 0.542. The van der Waals surface area contributed by atoms with Crippen LogP contribution >= 0.6 is 0 Å². The molecule has 0 aliphatic carbocycles. The molecule has 0 amide bonds. The Morgan fingerprint density at radius 3 is 2.50 bits per heavy atom. The Bertz CT molecular complexity index is 493. The van der Waals surface area contributed by atoms with Gasteiger partial charge in [0.05, 0.1) is 6.04 Å². The Morgan fingerprint density at radius 1 is 1.39 bits per heavy atom. The molecule has 1 heterocycles. The Hall–Kier alpha value is -0.950. The van der Waals surface area contributed by atoms with E-state index in [9.17, 15) is 8.42 Å². The zero-order chi connectivity index (χ0) is 14.0. The number of rotatable bonds is 6. The summed E-state index contributed by atoms with van der Waals surface area (Å²) in [5, 5.41) is 11.0. The summed E-state index contributed by atoms with van der Waals surface area (Å²) in [7, 11) is -3.30. The molecule has 1 atom stereocenters. The average molecular weight is 275 g/mol. The molecule has 0 aromatic carbocycles. The summed E-state index contributed by atoms with van der Waals surface area (Å²) in [5.41, 5.74) is 0. The second-order valence-corrected chi connectivity index (χ2v) is 7.47. The Kier molecular flexibility index (Phi) is 4.50. The second kappa shape index (κ2) is 5.36. The maximum atomic E-state index is 11.7. The normalized spacial score (nSPS) is 14.7. The van der Waals surface area contributed by atoms with Crippen LogP contribution in [0.4, 0.5) is 0 Å². The Labute approximate surface area is 108 Å². The first-order chi connectivity index (χ1) is 8.20. The number of nitrogens with one attached hydrogen (secondary N) is 1. The van der Waals surface area contributed by atoms with Gasteiger partial charge in [0.25, 0.3) is 0 Å². The summed E-state index contributed by atoms with van der Waals surface area (Å²) < 4.78 is 27.6. The fourth-order valence-corrected chi connectivity index (χ4v) is 1.66. The summed E-state index contributed by atoms with van der Waals surface area (Å²) in [4.78, 5) is 0. The van der Waals surface area contributed by atoms with Crippen LogP contribution in [0, 0.1) is 0 Å². The van der Waals surface area contributed by atoms with Crippen LogP contribution in [0.25, 0.3) is 0 Å². The van der Waals surface area contributed by atoms with E-state index < -0.39 is 14.6 Å². The standard InChI is InChI=1S/C11H21N3O3S/c1-6-7-12-8(2)9-13-14-10(17-9)11(3,4)18(5,15)16/h8,12H,6-7H2,1-5H3. The van der Waals surface area contributed by atoms with Crippen molar-refractivity contribution in [1.29, 1.82) is 0 Å². The molecule has 1 N–H and O–H groups in total. The molecule has 0 spiro atoms. The molecule has 0 aliphatic rings. The summed E-state index contributed by atoms with van der Waals surface area (Å²) in [6, 6.07) is -0.0819. The van der Waals surface area contributed by atoms with E-state index in [1.807, 2.05) is 6.92 Å². The van der Waals surface area contributed by atoms with Crippen molar-refractivity contribution < 1.29 is 12.8 Å². The Balaban J connectivity index is 2.93. The lowest BCUT2D eigenvalue weighted by Gasteiger charge is -2.17. The highest BCUT2D eigenvalue weighted by atomic mass is 32.2. The molecule has 0 bridgehead atoms. The van der Waals surface area contributed by atoms with Crippen LogP contribution in [0.3, 0.4) is 0 Å². The molecule has 1 rings (SSSR count). The van der Waals surface area contributed by atoms with Gasteiger partial charge in [0.15, 0.2) is 9.84 Å². The summed E-state index contributed by atoms with van der Waals surface area (Å²) in [6.07, 6.45) is 2.16. The zero-order valence-corrected chi connectivity index (χ0v) is 12.3. The molecule has 0 saturated heterocycles. The average Bonchev–Trinajstić information content (AvgIpc) is 2.73. The van der Waals surface area contributed by atoms with Crippen molar-refractivity contribution in [2.24, 2.45) is 0 Å². The second-order valence-electron chi connectivity index (χ2n) is 4.90. The number of hydrogen-bond acceptors (Lipinski definition) is 6. The van der Waals surface area contributed by atoms with Crippen molar-refractivity contribution in [2.75, 3.05) is 12.8 Å². The van der Waals surface area contributed by atoms with Gasteiger partial charge in [-0.25, -0.2) is 8.42 Å². The minimum Gasteiger partial charge on any atom is -0.422 e. The fraction of sp³-hybridized carbons (Fsp3) is 0.818. The van der Waals surface area contributed by atoms with Crippen molar-refractivity contribution in [3.8, 4) is 0 Å². The van der Waals surface area contributed by atoms with Gasteiger partial charge in [-0.3, -0.25) is 0 Å². The lowest BCUT2D eigenvalue weighted by atomic mass is 10.2. The summed E-state index contributed by atoms with van der Waals surface area (Å²) in [6.45, 7) is 7.92. The fourth-order valence-electron chi connectivity index (χ4n) is 1.26. The monoisotopic (exact) mass is 275 g/mol. The van der Waals surface area contributed by atoms with Crippen LogP contribution in [-0.2, 0) is 14.6 Å². The molecule has 104 valence electrons. The molecule has 1 unspecified atom stereocenters. The van der Waals surface area contributed by atoms with Gasteiger partial charge in [-0.15, -0.1) is 10.2 Å². The van der Waals surface area contributed by atoms with Crippen molar-refractivity contribution in [3.63, 3.8) is 0 Å². The molecule has 0 saturated carbocycles. The molecule has 18 heavy (non-hydrogen) atoms. The van der Waals surface area contributed by atoms with Gasteiger partial charge in [0.1, 0.15) is 4.75 Å². The van der Waals surface area contributed by atoms with E-state index in [2.05, 4.69) is 22.4 Å². The topological polar surface area (TPSA) is 85.1 Å². The molecule has 0 radical (unpaired) electrons. The van der Waals surface area contributed by atoms with Crippen molar-refractivity contribution in [3.05, 3.63) is 11.8 Å². The first-order valence-corrected chi connectivity index (χ1v) is 7.86. The highest BCUT2D eigenvalue weighted by Gasteiger charge is 2.38. The van der Waals surface area contributed by atoms with Crippen LogP contribution in [-0.4, -0.2) is 31.4 Å². The first-order valence-electron chi connectivity index (χ1n) is 5.97. The lowest BCUT2D eigenvalue weighted by molar-refractivity contribution is 0.369. The molecular weight excluding hydrogens is 254 g/mol. The minimum absolute atomic E-state index is 0.0819. The third-order valence-electron chi connectivity index (χ3n) is 2.95. The third kappa shape index (κ3) is 3.08. The van der Waals surface area contributed by atoms with Gasteiger partial charge < -0.3 is 9.73 Å². The molecule has 1 aromatic rings. The number of aromatic nitrogens is 2. The van der Waals surface area contributed by atoms with E-state index in [0.29, 0.717) is 5.89 Å². The van der Waals surface area contributed by atoms with Crippen LogP contribution in [0.5, 0.6) is 0 Å². The predicted molar refractivity (Wildman–Crippen MR) is 68.9 cm³/mol. The van der Waals surface area contributed by atoms with Gasteiger partial charge in [0, 0.05) is 6.26 Å². The van der Waals surface area contributed by atoms with Gasteiger partial charge in [0.2, 0.25) is 11.8 Å². The van der Waals surface area contributed by atoms with Gasteiger partial charge in [-0.05, 0) is 33.7 Å². The number of hydrogen-bond donors (Lipinski definition) is 1. The highest BCUT2D eigenvalue weighted by Crippen LogP contribution is 2.28. The van der Waals surface area contributed by atoms with E-state index in [1.165, 1.54) is 0 Å². The van der Waals surface area contributed by atoms with Crippen molar-refractivity contribution in [1.82, 2.24) is 15.5 Å². The molecule has 0 aliphatic heterocycles. The summed E-state index contributed by atoms with van der Waals surface area (Å²) >= 11 is 0. The van der Waals surface area contributed by atoms with E-state index in [4.69, 9.17) is 4.42 Å². The number of sulfone groups is 1. The maximum Gasteiger partial charge on any atom is 0.237 e. The van der Waals surface area contributed by atoms with Crippen LogP contribution in [0.1, 0.15) is 51.9 Å². The molecule has 0 fully saturated rings. The van der Waals surface area contributed by atoms with E-state index in [1.54, 1.807) is 13.8 Å². The lowest BCUT2D eigenvalue weighted by Crippen LogP contribution is -2.28. The largest absolute Gasteiger partial charge is 0.422 e. The van der Waals surface area contributed by atoms with Crippen LogP contribution in [0.2, 0.25) is 0 Å². The molecular formula is C11H21N3O3S. The van der Waals surface area contributed by atoms with Crippen LogP contribution in [0.15, 0.2) is 4.42 Å². The number of nitrogens with zero attached hydrogens (tertiary/aromatic N) is 2. The molecule has 7 heteroatoms. The smallest absolute Gasteiger partial charge is 0.237 e. The van der Waals surface area contributed by atoms with Gasteiger partial charge in [-0.1, -0.05) is 6.92 Å². The zero-order valence-electron chi connectivity index (χ0n) is 11.5. The minimum atomic E-state index is -3.30. The van der Waals surface area contributed by atoms with Crippen LogP contribution < -0.4 is 5.32 Å². The van der Waals surface area contributed by atoms with Crippen molar-refractivity contribution >= 4 is 9.84 Å². The van der Waals surface area contributed by atoms with Crippen molar-refractivity contribution in [2.45, 2.75) is 44.9 Å². The third-order valence-corrected chi connectivity index (χ3v) is 4.98. The molecule has 6 nitrogen and oxygen atoms in total. The quantitative estimate of drug-likeness (QED) is 0.845. The van der Waals surface area contributed by atoms with E-state index in [0.717, 1.165) is 19.2 Å².